The maximum atomic E-state index is 12.0. The lowest BCUT2D eigenvalue weighted by Crippen LogP contribution is -2.30. The van der Waals surface area contributed by atoms with E-state index in [1.54, 1.807) is 50.6 Å². The zero-order chi connectivity index (χ0) is 19.6. The Labute approximate surface area is 158 Å². The third kappa shape index (κ3) is 6.22. The van der Waals surface area contributed by atoms with E-state index in [4.69, 9.17) is 18.6 Å². The Morgan fingerprint density at radius 2 is 2.04 bits per heavy atom. The number of hydrogen-bond donors (Lipinski definition) is 0. The highest BCUT2D eigenvalue weighted by Gasteiger charge is 2.12. The second-order valence-corrected chi connectivity index (χ2v) is 5.61. The normalized spacial score (nSPS) is 10.6. The number of rotatable bonds is 9. The van der Waals surface area contributed by atoms with Gasteiger partial charge in [0.1, 0.15) is 5.76 Å². The summed E-state index contributed by atoms with van der Waals surface area (Å²) in [5.74, 6) is 0.923. The Morgan fingerprint density at radius 1 is 1.22 bits per heavy atom. The molecular formula is C20H23NO6. The number of ether oxygens (including phenoxy) is 3. The van der Waals surface area contributed by atoms with Crippen LogP contribution in [0.4, 0.5) is 0 Å². The highest BCUT2D eigenvalue weighted by molar-refractivity contribution is 5.89. The molecular weight excluding hydrogens is 350 g/mol. The Hall–Kier alpha value is -3.22. The minimum Gasteiger partial charge on any atom is -0.493 e. The molecule has 1 aromatic carbocycles. The molecule has 0 atom stereocenters. The van der Waals surface area contributed by atoms with Gasteiger partial charge < -0.3 is 23.5 Å². The molecule has 0 spiro atoms. The zero-order valence-corrected chi connectivity index (χ0v) is 15.6. The molecule has 2 aromatic rings. The average molecular weight is 373 g/mol. The number of furan rings is 1. The maximum Gasteiger partial charge on any atom is 0.331 e. The Kier molecular flexibility index (Phi) is 7.49. The van der Waals surface area contributed by atoms with Gasteiger partial charge in [0.2, 0.25) is 0 Å². The molecule has 7 heteroatoms. The van der Waals surface area contributed by atoms with Gasteiger partial charge in [-0.3, -0.25) is 4.79 Å². The highest BCUT2D eigenvalue weighted by Crippen LogP contribution is 2.28. The Bertz CT molecular complexity index is 782. The van der Waals surface area contributed by atoms with Crippen molar-refractivity contribution in [1.82, 2.24) is 4.90 Å². The first-order valence-corrected chi connectivity index (χ1v) is 8.45. The molecule has 0 aliphatic carbocycles. The number of hydrogen-bond acceptors (Lipinski definition) is 6. The van der Waals surface area contributed by atoms with Crippen molar-refractivity contribution >= 4 is 18.0 Å². The average Bonchev–Trinajstić information content (AvgIpc) is 3.18. The van der Waals surface area contributed by atoms with Crippen LogP contribution in [0.5, 0.6) is 11.5 Å². The van der Waals surface area contributed by atoms with Crippen LogP contribution in [-0.4, -0.2) is 44.1 Å². The van der Waals surface area contributed by atoms with Crippen molar-refractivity contribution in [2.45, 2.75) is 13.5 Å². The van der Waals surface area contributed by atoms with E-state index in [1.165, 1.54) is 17.2 Å². The van der Waals surface area contributed by atoms with E-state index in [0.29, 0.717) is 30.4 Å². The van der Waals surface area contributed by atoms with E-state index in [1.807, 2.05) is 6.92 Å². The lowest BCUT2D eigenvalue weighted by atomic mass is 10.2. The summed E-state index contributed by atoms with van der Waals surface area (Å²) in [4.78, 5) is 25.2. The molecule has 0 aliphatic rings. The quantitative estimate of drug-likeness (QED) is 0.497. The minimum absolute atomic E-state index is 0.311. The van der Waals surface area contributed by atoms with Gasteiger partial charge in [0, 0.05) is 13.1 Å². The smallest absolute Gasteiger partial charge is 0.331 e. The van der Waals surface area contributed by atoms with Crippen LogP contribution in [0.2, 0.25) is 0 Å². The van der Waals surface area contributed by atoms with Gasteiger partial charge in [-0.2, -0.15) is 0 Å². The molecule has 1 aromatic heterocycles. The standard InChI is InChI=1S/C20H23NO6/c1-4-25-17-9-7-15(12-18(17)24-3)8-10-20(23)27-14-19(22)21(2)13-16-6-5-11-26-16/h5-12H,4,13-14H2,1-3H3/b10-8+. The van der Waals surface area contributed by atoms with Crippen LogP contribution in [-0.2, 0) is 20.9 Å². The number of amides is 1. The summed E-state index contributed by atoms with van der Waals surface area (Å²) in [7, 11) is 3.16. The summed E-state index contributed by atoms with van der Waals surface area (Å²) in [6, 6.07) is 8.81. The predicted octanol–water partition coefficient (Wildman–Crippen LogP) is 2.90. The molecule has 0 N–H and O–H groups in total. The fourth-order valence-corrected chi connectivity index (χ4v) is 2.24. The van der Waals surface area contributed by atoms with Gasteiger partial charge >= 0.3 is 5.97 Å². The molecule has 144 valence electrons. The molecule has 0 aliphatic heterocycles. The third-order valence-corrected chi connectivity index (χ3v) is 3.64. The zero-order valence-electron chi connectivity index (χ0n) is 15.6. The van der Waals surface area contributed by atoms with E-state index >= 15 is 0 Å². The molecule has 0 saturated carbocycles. The predicted molar refractivity (Wildman–Crippen MR) is 99.3 cm³/mol. The molecule has 27 heavy (non-hydrogen) atoms. The van der Waals surface area contributed by atoms with Crippen molar-refractivity contribution < 1.29 is 28.2 Å². The number of methoxy groups -OCH3 is 1. The van der Waals surface area contributed by atoms with Crippen LogP contribution in [0.25, 0.3) is 6.08 Å². The third-order valence-electron chi connectivity index (χ3n) is 3.64. The van der Waals surface area contributed by atoms with Gasteiger partial charge in [0.05, 0.1) is 26.5 Å². The summed E-state index contributed by atoms with van der Waals surface area (Å²) in [5, 5.41) is 0. The summed E-state index contributed by atoms with van der Waals surface area (Å²) in [6.07, 6.45) is 4.38. The first kappa shape index (κ1) is 20.1. The van der Waals surface area contributed by atoms with Crippen LogP contribution in [0.3, 0.4) is 0 Å². The van der Waals surface area contributed by atoms with Crippen LogP contribution in [0.1, 0.15) is 18.2 Å². The highest BCUT2D eigenvalue weighted by atomic mass is 16.5. The fourth-order valence-electron chi connectivity index (χ4n) is 2.24. The van der Waals surface area contributed by atoms with E-state index < -0.39 is 5.97 Å². The monoisotopic (exact) mass is 373 g/mol. The number of carbonyl (C=O) groups excluding carboxylic acids is 2. The Morgan fingerprint density at radius 3 is 2.70 bits per heavy atom. The molecule has 1 heterocycles. The molecule has 0 radical (unpaired) electrons. The summed E-state index contributed by atoms with van der Waals surface area (Å²) in [5.41, 5.74) is 0.744. The van der Waals surface area contributed by atoms with E-state index in [9.17, 15) is 9.59 Å². The number of carbonyl (C=O) groups is 2. The summed E-state index contributed by atoms with van der Waals surface area (Å²) >= 11 is 0. The fraction of sp³-hybridized carbons (Fsp3) is 0.300. The van der Waals surface area contributed by atoms with Gasteiger partial charge in [0.15, 0.2) is 18.1 Å². The first-order valence-electron chi connectivity index (χ1n) is 8.45. The lowest BCUT2D eigenvalue weighted by Gasteiger charge is -2.15. The van der Waals surface area contributed by atoms with Crippen molar-refractivity contribution in [3.63, 3.8) is 0 Å². The van der Waals surface area contributed by atoms with Crippen LogP contribution in [0, 0.1) is 0 Å². The van der Waals surface area contributed by atoms with Crippen LogP contribution >= 0.6 is 0 Å². The van der Waals surface area contributed by atoms with E-state index in [-0.39, 0.29) is 12.5 Å². The van der Waals surface area contributed by atoms with E-state index in [0.717, 1.165) is 5.56 Å². The minimum atomic E-state index is -0.609. The van der Waals surface area contributed by atoms with Gasteiger partial charge in [-0.1, -0.05) is 6.07 Å². The first-order chi connectivity index (χ1) is 13.0. The molecule has 0 fully saturated rings. The van der Waals surface area contributed by atoms with E-state index in [2.05, 4.69) is 0 Å². The second kappa shape index (κ2) is 10.1. The number of benzene rings is 1. The molecule has 2 rings (SSSR count). The largest absolute Gasteiger partial charge is 0.493 e. The molecule has 1 amide bonds. The van der Waals surface area contributed by atoms with Crippen molar-refractivity contribution in [1.29, 1.82) is 0 Å². The van der Waals surface area contributed by atoms with Crippen LogP contribution in [0.15, 0.2) is 47.1 Å². The number of nitrogens with zero attached hydrogens (tertiary/aromatic N) is 1. The molecule has 0 saturated heterocycles. The van der Waals surface area contributed by atoms with Crippen molar-refractivity contribution in [2.75, 3.05) is 27.4 Å². The van der Waals surface area contributed by atoms with Gasteiger partial charge in [-0.25, -0.2) is 4.79 Å². The molecule has 0 bridgehead atoms. The van der Waals surface area contributed by atoms with Crippen molar-refractivity contribution in [3.8, 4) is 11.5 Å². The van der Waals surface area contributed by atoms with Gasteiger partial charge in [0.25, 0.3) is 5.91 Å². The number of esters is 1. The van der Waals surface area contributed by atoms with Gasteiger partial charge in [-0.05, 0) is 42.8 Å². The topological polar surface area (TPSA) is 78.2 Å². The van der Waals surface area contributed by atoms with Gasteiger partial charge in [-0.15, -0.1) is 0 Å². The lowest BCUT2D eigenvalue weighted by molar-refractivity contribution is -0.147. The van der Waals surface area contributed by atoms with Crippen molar-refractivity contribution in [2.24, 2.45) is 0 Å². The summed E-state index contributed by atoms with van der Waals surface area (Å²) in [6.45, 7) is 2.38. The van der Waals surface area contributed by atoms with Crippen molar-refractivity contribution in [3.05, 3.63) is 54.0 Å². The molecule has 0 unspecified atom stereocenters. The maximum absolute atomic E-state index is 12.0. The SMILES string of the molecule is CCOc1ccc(/C=C/C(=O)OCC(=O)N(C)Cc2ccco2)cc1OC. The van der Waals surface area contributed by atoms with Crippen LogP contribution < -0.4 is 9.47 Å². The Balaban J connectivity index is 1.85. The summed E-state index contributed by atoms with van der Waals surface area (Å²) < 4.78 is 20.9. The second-order valence-electron chi connectivity index (χ2n) is 5.61. The molecule has 7 nitrogen and oxygen atoms in total. The number of likely N-dealkylation sites (N-methyl/N-ethyl adjacent to an activating group) is 1.